The van der Waals surface area contributed by atoms with Crippen LogP contribution in [0.1, 0.15) is 24.2 Å². The Morgan fingerprint density at radius 3 is 2.62 bits per heavy atom. The molecule has 0 saturated carbocycles. The fraction of sp³-hybridized carbons (Fsp3) is 0.273. The van der Waals surface area contributed by atoms with E-state index in [2.05, 4.69) is 10.1 Å². The van der Waals surface area contributed by atoms with Gasteiger partial charge in [-0.2, -0.15) is 0 Å². The largest absolute Gasteiger partial charge is 0.412 e. The van der Waals surface area contributed by atoms with E-state index < -0.39 is 11.9 Å². The van der Waals surface area contributed by atoms with Crippen LogP contribution in [0.15, 0.2) is 18.2 Å². The number of hydrogen-bond donors (Lipinski definition) is 1. The van der Waals surface area contributed by atoms with Crippen molar-refractivity contribution in [2.75, 3.05) is 6.54 Å². The molecule has 0 aromatic heterocycles. The fourth-order valence-electron chi connectivity index (χ4n) is 1.08. The number of halogens is 1. The molecule has 1 N–H and O–H groups in total. The van der Waals surface area contributed by atoms with Crippen molar-refractivity contribution < 1.29 is 18.7 Å². The summed E-state index contributed by atoms with van der Waals surface area (Å²) < 4.78 is 18.0. The number of carbonyl (C=O) groups is 2. The lowest BCUT2D eigenvalue weighted by molar-refractivity contribution is 0.101. The molecule has 0 unspecified atom stereocenters. The fourth-order valence-corrected chi connectivity index (χ4v) is 1.08. The first-order valence-electron chi connectivity index (χ1n) is 4.80. The number of hydrogen-bond acceptors (Lipinski definition) is 3. The molecule has 0 aliphatic carbocycles. The van der Waals surface area contributed by atoms with E-state index in [0.29, 0.717) is 6.54 Å². The van der Waals surface area contributed by atoms with Gasteiger partial charge >= 0.3 is 6.09 Å². The van der Waals surface area contributed by atoms with E-state index >= 15 is 0 Å². The zero-order chi connectivity index (χ0) is 12.1. The molecule has 86 valence electrons. The zero-order valence-corrected chi connectivity index (χ0v) is 9.04. The highest BCUT2D eigenvalue weighted by Gasteiger charge is 2.10. The summed E-state index contributed by atoms with van der Waals surface area (Å²) in [7, 11) is 0. The van der Waals surface area contributed by atoms with Gasteiger partial charge in [-0.25, -0.2) is 9.18 Å². The van der Waals surface area contributed by atoms with E-state index in [1.54, 1.807) is 6.92 Å². The van der Waals surface area contributed by atoms with E-state index in [9.17, 15) is 14.0 Å². The monoisotopic (exact) mass is 225 g/mol. The van der Waals surface area contributed by atoms with Gasteiger partial charge in [0.1, 0.15) is 0 Å². The van der Waals surface area contributed by atoms with Crippen molar-refractivity contribution in [2.45, 2.75) is 13.8 Å². The van der Waals surface area contributed by atoms with E-state index in [1.165, 1.54) is 19.1 Å². The van der Waals surface area contributed by atoms with Gasteiger partial charge in [0.05, 0.1) is 0 Å². The van der Waals surface area contributed by atoms with Crippen LogP contribution in [0.4, 0.5) is 9.18 Å². The molecule has 5 heteroatoms. The average Bonchev–Trinajstić information content (AvgIpc) is 2.21. The topological polar surface area (TPSA) is 55.4 Å². The maximum atomic E-state index is 13.4. The highest BCUT2D eigenvalue weighted by Crippen LogP contribution is 2.18. The van der Waals surface area contributed by atoms with Gasteiger partial charge in [0.15, 0.2) is 17.3 Å². The van der Waals surface area contributed by atoms with Crippen molar-refractivity contribution in [1.82, 2.24) is 5.32 Å². The molecule has 16 heavy (non-hydrogen) atoms. The normalized spacial score (nSPS) is 9.69. The average molecular weight is 225 g/mol. The molecule has 1 aromatic rings. The van der Waals surface area contributed by atoms with Gasteiger partial charge in [-0.05, 0) is 32.0 Å². The Labute approximate surface area is 92.4 Å². The number of amides is 1. The van der Waals surface area contributed by atoms with Crippen molar-refractivity contribution in [2.24, 2.45) is 0 Å². The molecule has 0 heterocycles. The van der Waals surface area contributed by atoms with Crippen LogP contribution in [-0.4, -0.2) is 18.4 Å². The molecular formula is C11H12FNO3. The van der Waals surface area contributed by atoms with Crippen molar-refractivity contribution in [3.63, 3.8) is 0 Å². The first-order valence-corrected chi connectivity index (χ1v) is 4.80. The minimum absolute atomic E-state index is 0.198. The lowest BCUT2D eigenvalue weighted by atomic mass is 10.1. The summed E-state index contributed by atoms with van der Waals surface area (Å²) in [6.45, 7) is 3.45. The molecule has 1 amide bonds. The van der Waals surface area contributed by atoms with Gasteiger partial charge < -0.3 is 10.1 Å². The van der Waals surface area contributed by atoms with Gasteiger partial charge in [-0.1, -0.05) is 0 Å². The lowest BCUT2D eigenvalue weighted by Gasteiger charge is -2.06. The summed E-state index contributed by atoms with van der Waals surface area (Å²) in [6.07, 6.45) is -0.725. The van der Waals surface area contributed by atoms with Gasteiger partial charge in [0.25, 0.3) is 0 Å². The minimum atomic E-state index is -0.737. The van der Waals surface area contributed by atoms with Gasteiger partial charge in [0.2, 0.25) is 0 Å². The molecule has 0 bridgehead atoms. The third-order valence-electron chi connectivity index (χ3n) is 1.86. The Bertz CT molecular complexity index is 418. The van der Waals surface area contributed by atoms with Crippen LogP contribution in [0, 0.1) is 5.82 Å². The van der Waals surface area contributed by atoms with E-state index in [-0.39, 0.29) is 17.1 Å². The number of nitrogens with one attached hydrogen (secondary N) is 1. The number of Topliss-reactive ketones (excluding diaryl/α,β-unsaturated/α-hetero) is 1. The molecule has 4 nitrogen and oxygen atoms in total. The second-order valence-electron chi connectivity index (χ2n) is 3.12. The molecule has 0 aliphatic rings. The molecule has 0 spiro atoms. The van der Waals surface area contributed by atoms with Crippen molar-refractivity contribution in [3.8, 4) is 5.75 Å². The first-order chi connectivity index (χ1) is 7.54. The summed E-state index contributed by atoms with van der Waals surface area (Å²) in [5, 5.41) is 2.36. The molecule has 0 fully saturated rings. The second-order valence-corrected chi connectivity index (χ2v) is 3.12. The van der Waals surface area contributed by atoms with Crippen LogP contribution in [0.25, 0.3) is 0 Å². The first kappa shape index (κ1) is 12.2. The predicted molar refractivity (Wildman–Crippen MR) is 56.1 cm³/mol. The smallest absolute Gasteiger partial charge is 0.407 e. The van der Waals surface area contributed by atoms with Crippen LogP contribution >= 0.6 is 0 Å². The van der Waals surface area contributed by atoms with Crippen molar-refractivity contribution >= 4 is 11.9 Å². The summed E-state index contributed by atoms with van der Waals surface area (Å²) >= 11 is 0. The van der Waals surface area contributed by atoms with E-state index in [1.807, 2.05) is 0 Å². The number of carbonyl (C=O) groups excluding carboxylic acids is 2. The Morgan fingerprint density at radius 2 is 2.12 bits per heavy atom. The summed E-state index contributed by atoms with van der Waals surface area (Å²) in [4.78, 5) is 22.0. The van der Waals surface area contributed by atoms with E-state index in [0.717, 1.165) is 6.07 Å². The highest BCUT2D eigenvalue weighted by molar-refractivity contribution is 5.94. The van der Waals surface area contributed by atoms with Gasteiger partial charge in [-0.15, -0.1) is 0 Å². The molecule has 1 aromatic carbocycles. The Hall–Kier alpha value is -1.91. The lowest BCUT2D eigenvalue weighted by Crippen LogP contribution is -2.26. The molecule has 0 aliphatic heterocycles. The molecule has 0 radical (unpaired) electrons. The van der Waals surface area contributed by atoms with Crippen LogP contribution in [0.5, 0.6) is 5.75 Å². The van der Waals surface area contributed by atoms with Gasteiger partial charge in [-0.3, -0.25) is 4.79 Å². The van der Waals surface area contributed by atoms with Crippen LogP contribution in [0.2, 0.25) is 0 Å². The van der Waals surface area contributed by atoms with Crippen molar-refractivity contribution in [3.05, 3.63) is 29.6 Å². The number of ketones is 1. The van der Waals surface area contributed by atoms with Gasteiger partial charge in [0, 0.05) is 12.1 Å². The third-order valence-corrected chi connectivity index (χ3v) is 1.86. The van der Waals surface area contributed by atoms with E-state index in [4.69, 9.17) is 0 Å². The second kappa shape index (κ2) is 5.25. The predicted octanol–water partition coefficient (Wildman–Crippen LogP) is 2.14. The van der Waals surface area contributed by atoms with Crippen LogP contribution < -0.4 is 10.1 Å². The molecule has 0 atom stereocenters. The van der Waals surface area contributed by atoms with Crippen LogP contribution in [-0.2, 0) is 0 Å². The Morgan fingerprint density at radius 1 is 1.44 bits per heavy atom. The number of benzene rings is 1. The molecular weight excluding hydrogens is 213 g/mol. The maximum absolute atomic E-state index is 13.4. The quantitative estimate of drug-likeness (QED) is 0.802. The minimum Gasteiger partial charge on any atom is -0.407 e. The van der Waals surface area contributed by atoms with Crippen molar-refractivity contribution in [1.29, 1.82) is 0 Å². The maximum Gasteiger partial charge on any atom is 0.412 e. The highest BCUT2D eigenvalue weighted by atomic mass is 19.1. The summed E-state index contributed by atoms with van der Waals surface area (Å²) in [5.41, 5.74) is 0.237. The Balaban J connectivity index is 2.83. The molecule has 1 rings (SSSR count). The third kappa shape index (κ3) is 3.05. The molecule has 0 saturated heterocycles. The number of ether oxygens (including phenoxy) is 1. The Kier molecular flexibility index (Phi) is 3.99. The summed E-state index contributed by atoms with van der Waals surface area (Å²) in [6, 6.07) is 3.69. The number of rotatable bonds is 3. The SMILES string of the molecule is CCNC(=O)Oc1ccc(C(C)=O)cc1F. The summed E-state index contributed by atoms with van der Waals surface area (Å²) in [5.74, 6) is -1.18. The zero-order valence-electron chi connectivity index (χ0n) is 9.04. The van der Waals surface area contributed by atoms with Crippen LogP contribution in [0.3, 0.4) is 0 Å². The standard InChI is InChI=1S/C11H12FNO3/c1-3-13-11(15)16-10-5-4-8(7(2)14)6-9(10)12/h4-6H,3H2,1-2H3,(H,13,15).